The third kappa shape index (κ3) is 5.89. The van der Waals surface area contributed by atoms with Crippen LogP contribution < -0.4 is 4.74 Å². The summed E-state index contributed by atoms with van der Waals surface area (Å²) in [5.74, 6) is 0.494. The third-order valence-electron chi connectivity index (χ3n) is 5.67. The Kier molecular flexibility index (Phi) is 8.28. The second-order valence-corrected chi connectivity index (χ2v) is 7.73. The van der Waals surface area contributed by atoms with Crippen LogP contribution in [0.25, 0.3) is 0 Å². The van der Waals surface area contributed by atoms with E-state index in [0.717, 1.165) is 18.6 Å². The number of rotatable bonds is 10. The number of nitriles is 1. The van der Waals surface area contributed by atoms with Crippen LogP contribution in [-0.4, -0.2) is 74.7 Å². The number of methoxy groups -OCH3 is 2. The number of allylic oxidation sites excluding steroid dienone is 1. The lowest BCUT2D eigenvalue weighted by Crippen LogP contribution is -2.56. The smallest absolute Gasteiger partial charge is 0.312 e. The minimum Gasteiger partial charge on any atom is -0.497 e. The maximum Gasteiger partial charge on any atom is 0.312 e. The van der Waals surface area contributed by atoms with Gasteiger partial charge in [-0.2, -0.15) is 5.26 Å². The first-order valence-corrected chi connectivity index (χ1v) is 10.7. The molecule has 2 amide bonds. The van der Waals surface area contributed by atoms with Crippen molar-refractivity contribution < 1.29 is 23.8 Å². The summed E-state index contributed by atoms with van der Waals surface area (Å²) in [6.45, 7) is 2.50. The number of carbonyl (C=O) groups is 2. The van der Waals surface area contributed by atoms with E-state index in [4.69, 9.17) is 19.5 Å². The second kappa shape index (κ2) is 11.3. The van der Waals surface area contributed by atoms with Crippen LogP contribution in [0.4, 0.5) is 0 Å². The number of hydrogen-bond acceptors (Lipinski definition) is 6. The number of ether oxygens (including phenoxy) is 3. The summed E-state index contributed by atoms with van der Waals surface area (Å²) in [7, 11) is 3.22. The highest BCUT2D eigenvalue weighted by atomic mass is 16.5. The van der Waals surface area contributed by atoms with Crippen LogP contribution >= 0.6 is 0 Å². The molecule has 2 unspecified atom stereocenters. The summed E-state index contributed by atoms with van der Waals surface area (Å²) in [6, 6.07) is 9.02. The molecule has 2 aliphatic rings. The maximum absolute atomic E-state index is 12.6. The molecule has 2 atom stereocenters. The van der Waals surface area contributed by atoms with E-state index in [2.05, 4.69) is 6.07 Å². The molecule has 1 aromatic carbocycles. The van der Waals surface area contributed by atoms with Crippen LogP contribution in [0.3, 0.4) is 0 Å². The zero-order valence-electron chi connectivity index (χ0n) is 18.5. The molecular weight excluding hydrogens is 410 g/mol. The molecule has 1 aromatic rings. The fraction of sp³-hybridized carbons (Fsp3) is 0.458. The third-order valence-corrected chi connectivity index (χ3v) is 5.67. The molecule has 170 valence electrons. The number of piperazine rings is 1. The normalized spacial score (nSPS) is 20.7. The van der Waals surface area contributed by atoms with E-state index in [1.165, 1.54) is 0 Å². The molecule has 1 aliphatic heterocycles. The summed E-state index contributed by atoms with van der Waals surface area (Å²) in [5.41, 5.74) is 0.591. The van der Waals surface area contributed by atoms with Gasteiger partial charge in [-0.05, 0) is 49.3 Å². The Bertz CT molecular complexity index is 903. The van der Waals surface area contributed by atoms with Gasteiger partial charge < -0.3 is 24.0 Å². The van der Waals surface area contributed by atoms with Crippen molar-refractivity contribution in [1.29, 1.82) is 5.26 Å². The summed E-state index contributed by atoms with van der Waals surface area (Å²) >= 11 is 0. The highest BCUT2D eigenvalue weighted by Crippen LogP contribution is 2.22. The first-order valence-electron chi connectivity index (χ1n) is 10.7. The predicted octanol–water partition coefficient (Wildman–Crippen LogP) is 2.12. The Hall–Kier alpha value is -3.31. The first kappa shape index (κ1) is 23.4. The van der Waals surface area contributed by atoms with Crippen LogP contribution in [0.15, 0.2) is 48.3 Å². The number of amides is 2. The molecule has 1 saturated heterocycles. The van der Waals surface area contributed by atoms with Crippen LogP contribution in [0, 0.1) is 17.2 Å². The van der Waals surface area contributed by atoms with Gasteiger partial charge in [-0.3, -0.25) is 9.59 Å². The monoisotopic (exact) mass is 439 g/mol. The van der Waals surface area contributed by atoms with Gasteiger partial charge in [-0.25, -0.2) is 0 Å². The van der Waals surface area contributed by atoms with Crippen molar-refractivity contribution in [3.63, 3.8) is 0 Å². The largest absolute Gasteiger partial charge is 0.497 e. The Morgan fingerprint density at radius 3 is 2.47 bits per heavy atom. The number of carbonyl (C=O) groups excluding carboxylic acids is 2. The van der Waals surface area contributed by atoms with Gasteiger partial charge in [0.25, 0.3) is 0 Å². The number of nitrogens with zero attached hydrogens (tertiary/aromatic N) is 3. The molecule has 8 nitrogen and oxygen atoms in total. The quantitative estimate of drug-likeness (QED) is 0.410. The summed E-state index contributed by atoms with van der Waals surface area (Å²) < 4.78 is 16.4. The van der Waals surface area contributed by atoms with Gasteiger partial charge in [-0.15, -0.1) is 0 Å². The van der Waals surface area contributed by atoms with Gasteiger partial charge in [0, 0.05) is 39.2 Å². The lowest BCUT2D eigenvalue weighted by molar-refractivity contribution is -0.156. The summed E-state index contributed by atoms with van der Waals surface area (Å²) in [4.78, 5) is 28.4. The van der Waals surface area contributed by atoms with Crippen molar-refractivity contribution in [1.82, 2.24) is 9.80 Å². The molecule has 0 saturated carbocycles. The molecule has 1 fully saturated rings. The minimum atomic E-state index is -0.463. The minimum absolute atomic E-state index is 0.0263. The predicted molar refractivity (Wildman–Crippen MR) is 118 cm³/mol. The first-order chi connectivity index (χ1) is 15.5. The average Bonchev–Trinajstić information content (AvgIpc) is 2.83. The topological polar surface area (TPSA) is 92.1 Å². The summed E-state index contributed by atoms with van der Waals surface area (Å²) in [5, 5.41) is 8.81. The van der Waals surface area contributed by atoms with Gasteiger partial charge in [-0.1, -0.05) is 6.08 Å². The fourth-order valence-corrected chi connectivity index (χ4v) is 3.79. The maximum atomic E-state index is 12.6. The Labute approximate surface area is 188 Å². The lowest BCUT2D eigenvalue weighted by atomic mass is 9.95. The standard InChI is InChI=1S/C24H29N3O5/c1-30-21-10-7-19(22(15-21)31-2)17-27-13-12-26(23(28)24(27)29)11-3-4-14-32-20-8-5-18(16-25)6-9-20/h5-10,15,19,22H,3-4,11-14,17H2,1-2H3. The molecule has 1 aliphatic carbocycles. The fourth-order valence-electron chi connectivity index (χ4n) is 3.79. The lowest BCUT2D eigenvalue weighted by Gasteiger charge is -2.36. The van der Waals surface area contributed by atoms with Crippen molar-refractivity contribution >= 4 is 11.8 Å². The molecule has 8 heteroatoms. The van der Waals surface area contributed by atoms with E-state index >= 15 is 0 Å². The zero-order valence-corrected chi connectivity index (χ0v) is 18.5. The van der Waals surface area contributed by atoms with E-state index in [1.807, 2.05) is 18.2 Å². The SMILES string of the molecule is COC1=CC(OC)C(CN2CCN(CCCCOc3ccc(C#N)cc3)C(=O)C2=O)C=C1. The average molecular weight is 440 g/mol. The molecule has 0 radical (unpaired) electrons. The second-order valence-electron chi connectivity index (χ2n) is 7.73. The summed E-state index contributed by atoms with van der Waals surface area (Å²) in [6.07, 6.45) is 7.02. The van der Waals surface area contributed by atoms with Gasteiger partial charge in [0.05, 0.1) is 31.5 Å². The van der Waals surface area contributed by atoms with Gasteiger partial charge in [0.15, 0.2) is 0 Å². The van der Waals surface area contributed by atoms with Gasteiger partial charge in [0.1, 0.15) is 11.5 Å². The molecule has 0 N–H and O–H groups in total. The number of unbranched alkanes of at least 4 members (excludes halogenated alkanes) is 1. The molecule has 0 spiro atoms. The van der Waals surface area contributed by atoms with Crippen molar-refractivity contribution in [3.05, 3.63) is 53.8 Å². The van der Waals surface area contributed by atoms with Gasteiger partial charge >= 0.3 is 11.8 Å². The van der Waals surface area contributed by atoms with Crippen molar-refractivity contribution in [2.45, 2.75) is 18.9 Å². The Balaban J connectivity index is 1.40. The molecule has 0 aromatic heterocycles. The van der Waals surface area contributed by atoms with Crippen LogP contribution in [0.2, 0.25) is 0 Å². The van der Waals surface area contributed by atoms with Crippen molar-refractivity contribution in [2.75, 3.05) is 47.0 Å². The Morgan fingerprint density at radius 1 is 1.06 bits per heavy atom. The van der Waals surface area contributed by atoms with Crippen molar-refractivity contribution in [3.8, 4) is 11.8 Å². The zero-order chi connectivity index (χ0) is 22.9. The van der Waals surface area contributed by atoms with E-state index < -0.39 is 11.8 Å². The molecule has 3 rings (SSSR count). The molecule has 32 heavy (non-hydrogen) atoms. The van der Waals surface area contributed by atoms with E-state index in [9.17, 15) is 9.59 Å². The van der Waals surface area contributed by atoms with Crippen LogP contribution in [-0.2, 0) is 19.1 Å². The van der Waals surface area contributed by atoms with Crippen LogP contribution in [0.1, 0.15) is 18.4 Å². The van der Waals surface area contributed by atoms with E-state index in [0.29, 0.717) is 44.1 Å². The number of hydrogen-bond donors (Lipinski definition) is 0. The van der Waals surface area contributed by atoms with Crippen molar-refractivity contribution in [2.24, 2.45) is 5.92 Å². The highest BCUT2D eigenvalue weighted by Gasteiger charge is 2.34. The number of benzene rings is 1. The molecular formula is C24H29N3O5. The molecule has 0 bridgehead atoms. The Morgan fingerprint density at radius 2 is 1.78 bits per heavy atom. The highest BCUT2D eigenvalue weighted by molar-refractivity contribution is 6.35. The van der Waals surface area contributed by atoms with Gasteiger partial charge in [0.2, 0.25) is 0 Å². The van der Waals surface area contributed by atoms with E-state index in [1.54, 1.807) is 48.3 Å². The molecule has 1 heterocycles. The van der Waals surface area contributed by atoms with Crippen LogP contribution in [0.5, 0.6) is 5.75 Å². The van der Waals surface area contributed by atoms with E-state index in [-0.39, 0.29) is 12.0 Å².